The number of nitrogens with one attached hydrogen (secondary N) is 1. The van der Waals surface area contributed by atoms with Gasteiger partial charge in [0.15, 0.2) is 5.78 Å². The molecule has 0 radical (unpaired) electrons. The molecule has 1 aromatic heterocycles. The first-order chi connectivity index (χ1) is 14.1. The van der Waals surface area contributed by atoms with Crippen LogP contribution in [-0.2, 0) is 16.6 Å². The summed E-state index contributed by atoms with van der Waals surface area (Å²) in [7, 11) is -3.37. The number of aryl methyl sites for hydroxylation is 1. The molecule has 0 aliphatic heterocycles. The van der Waals surface area contributed by atoms with E-state index in [1.165, 1.54) is 18.2 Å². The first-order valence-electron chi connectivity index (χ1n) is 8.90. The molecule has 6 nitrogen and oxygen atoms in total. The van der Waals surface area contributed by atoms with E-state index >= 15 is 0 Å². The summed E-state index contributed by atoms with van der Waals surface area (Å²) in [5, 5.41) is 5.48. The van der Waals surface area contributed by atoms with Crippen molar-refractivity contribution in [3.8, 4) is 0 Å². The second-order valence-corrected chi connectivity index (χ2v) is 9.20. The number of hydrogen-bond donors (Lipinski definition) is 1. The Kier molecular flexibility index (Phi) is 6.65. The van der Waals surface area contributed by atoms with E-state index in [4.69, 9.17) is 23.2 Å². The van der Waals surface area contributed by atoms with E-state index in [1.54, 1.807) is 29.0 Å². The molecule has 0 aliphatic carbocycles. The molecule has 3 rings (SSSR count). The van der Waals surface area contributed by atoms with Crippen molar-refractivity contribution in [1.29, 1.82) is 0 Å². The van der Waals surface area contributed by atoms with Gasteiger partial charge in [0.2, 0.25) is 10.0 Å². The molecule has 9 heteroatoms. The summed E-state index contributed by atoms with van der Waals surface area (Å²) >= 11 is 12.7. The molecular weight excluding hydrogens is 445 g/mol. The van der Waals surface area contributed by atoms with Gasteiger partial charge in [0, 0.05) is 21.8 Å². The maximum atomic E-state index is 12.5. The highest BCUT2D eigenvalue weighted by Gasteiger charge is 2.13. The number of ketones is 1. The molecule has 0 unspecified atom stereocenters. The van der Waals surface area contributed by atoms with Crippen molar-refractivity contribution >= 4 is 50.8 Å². The number of sulfonamides is 1. The molecule has 30 heavy (non-hydrogen) atoms. The maximum Gasteiger partial charge on any atom is 0.229 e. The molecule has 3 aromatic rings. The van der Waals surface area contributed by atoms with E-state index in [0.29, 0.717) is 39.2 Å². The quantitative estimate of drug-likeness (QED) is 0.402. The average molecular weight is 464 g/mol. The summed E-state index contributed by atoms with van der Waals surface area (Å²) in [5.41, 5.74) is 3.02. The molecule has 1 N–H and O–H groups in total. The van der Waals surface area contributed by atoms with E-state index in [9.17, 15) is 13.2 Å². The molecule has 156 valence electrons. The molecular formula is C21H19Cl2N3O3S. The van der Waals surface area contributed by atoms with Gasteiger partial charge in [-0.25, -0.2) is 13.1 Å². The van der Waals surface area contributed by atoms with E-state index in [2.05, 4.69) is 9.82 Å². The third-order valence-corrected chi connectivity index (χ3v) is 5.64. The van der Waals surface area contributed by atoms with Crippen molar-refractivity contribution in [2.75, 3.05) is 11.0 Å². The SMILES string of the molecule is Cc1nn(Cc2ccccc2Cl)c(Cl)c1/C=C/C(=O)c1ccc(NS(C)(=O)=O)cc1. The van der Waals surface area contributed by atoms with Gasteiger partial charge >= 0.3 is 0 Å². The number of halogens is 2. The van der Waals surface area contributed by atoms with Crippen LogP contribution in [0.4, 0.5) is 5.69 Å². The van der Waals surface area contributed by atoms with Crippen LogP contribution < -0.4 is 4.72 Å². The molecule has 0 spiro atoms. The first kappa shape index (κ1) is 22.1. The van der Waals surface area contributed by atoms with Crippen LogP contribution in [0.1, 0.15) is 27.2 Å². The van der Waals surface area contributed by atoms with Gasteiger partial charge in [0.1, 0.15) is 5.15 Å². The fourth-order valence-electron chi connectivity index (χ4n) is 2.82. The standard InChI is InChI=1S/C21H19Cl2N3O3S/c1-14-18(21(23)26(24-14)13-16-5-3-4-6-19(16)22)11-12-20(27)15-7-9-17(10-8-15)25-30(2,28)29/h3-12,25H,13H2,1-2H3/b12-11+. The minimum atomic E-state index is -3.37. The lowest BCUT2D eigenvalue weighted by Crippen LogP contribution is -2.09. The number of rotatable bonds is 7. The normalized spacial score (nSPS) is 11.7. The van der Waals surface area contributed by atoms with Crippen molar-refractivity contribution in [2.24, 2.45) is 0 Å². The Balaban J connectivity index is 1.76. The summed E-state index contributed by atoms with van der Waals surface area (Å²) < 4.78 is 26.5. The number of aromatic nitrogens is 2. The topological polar surface area (TPSA) is 81.1 Å². The predicted molar refractivity (Wildman–Crippen MR) is 121 cm³/mol. The number of benzene rings is 2. The van der Waals surface area contributed by atoms with Crippen LogP contribution in [0.15, 0.2) is 54.6 Å². The lowest BCUT2D eigenvalue weighted by atomic mass is 10.1. The second kappa shape index (κ2) is 9.04. The van der Waals surface area contributed by atoms with Crippen LogP contribution in [0.25, 0.3) is 6.08 Å². The minimum absolute atomic E-state index is 0.241. The molecule has 0 bridgehead atoms. The predicted octanol–water partition coefficient (Wildman–Crippen LogP) is 4.81. The number of carbonyl (C=O) groups is 1. The Labute approximate surface area is 185 Å². The van der Waals surface area contributed by atoms with Gasteiger partial charge in [0.25, 0.3) is 0 Å². The van der Waals surface area contributed by atoms with Gasteiger partial charge in [-0.2, -0.15) is 5.10 Å². The zero-order valence-electron chi connectivity index (χ0n) is 16.3. The number of hydrogen-bond acceptors (Lipinski definition) is 4. The van der Waals surface area contributed by atoms with Crippen molar-refractivity contribution in [1.82, 2.24) is 9.78 Å². The van der Waals surface area contributed by atoms with Crippen molar-refractivity contribution < 1.29 is 13.2 Å². The smallest absolute Gasteiger partial charge is 0.229 e. The lowest BCUT2D eigenvalue weighted by molar-refractivity contribution is 0.104. The van der Waals surface area contributed by atoms with Crippen LogP contribution in [-0.4, -0.2) is 30.2 Å². The summed E-state index contributed by atoms with van der Waals surface area (Å²) in [5.74, 6) is -0.241. The fraction of sp³-hybridized carbons (Fsp3) is 0.143. The average Bonchev–Trinajstić information content (AvgIpc) is 2.94. The van der Waals surface area contributed by atoms with Crippen LogP contribution in [0.3, 0.4) is 0 Å². The summed E-state index contributed by atoms with van der Waals surface area (Å²) in [4.78, 5) is 12.5. The third kappa shape index (κ3) is 5.50. The zero-order chi connectivity index (χ0) is 21.9. The van der Waals surface area contributed by atoms with Crippen LogP contribution >= 0.6 is 23.2 Å². The number of allylic oxidation sites excluding steroid dienone is 1. The Bertz CT molecular complexity index is 1220. The Morgan fingerprint density at radius 1 is 1.13 bits per heavy atom. The fourth-order valence-corrected chi connectivity index (χ4v) is 3.88. The Hall–Kier alpha value is -2.61. The van der Waals surface area contributed by atoms with Crippen LogP contribution in [0, 0.1) is 6.92 Å². The highest BCUT2D eigenvalue weighted by atomic mass is 35.5. The lowest BCUT2D eigenvalue weighted by Gasteiger charge is -2.05. The monoisotopic (exact) mass is 463 g/mol. The summed E-state index contributed by atoms with van der Waals surface area (Å²) in [6.45, 7) is 2.22. The highest BCUT2D eigenvalue weighted by Crippen LogP contribution is 2.24. The maximum absolute atomic E-state index is 12.5. The van der Waals surface area contributed by atoms with E-state index < -0.39 is 10.0 Å². The molecule has 2 aromatic carbocycles. The number of carbonyl (C=O) groups excluding carboxylic acids is 1. The first-order valence-corrected chi connectivity index (χ1v) is 11.6. The van der Waals surface area contributed by atoms with Crippen LogP contribution in [0.5, 0.6) is 0 Å². The van der Waals surface area contributed by atoms with Gasteiger partial charge in [-0.15, -0.1) is 0 Å². The number of anilines is 1. The van der Waals surface area contributed by atoms with Crippen molar-refractivity contribution in [3.63, 3.8) is 0 Å². The summed E-state index contributed by atoms with van der Waals surface area (Å²) in [6.07, 6.45) is 4.10. The minimum Gasteiger partial charge on any atom is -0.289 e. The van der Waals surface area contributed by atoms with Crippen LogP contribution in [0.2, 0.25) is 10.2 Å². The van der Waals surface area contributed by atoms with Crippen molar-refractivity contribution in [3.05, 3.63) is 87.2 Å². The zero-order valence-corrected chi connectivity index (χ0v) is 18.6. The molecule has 1 heterocycles. The molecule has 0 saturated carbocycles. The van der Waals surface area contributed by atoms with Gasteiger partial charge in [-0.1, -0.05) is 41.4 Å². The summed E-state index contributed by atoms with van der Waals surface area (Å²) in [6, 6.07) is 13.6. The van der Waals surface area contributed by atoms with Gasteiger partial charge < -0.3 is 0 Å². The number of nitrogens with zero attached hydrogens (tertiary/aromatic N) is 2. The highest BCUT2D eigenvalue weighted by molar-refractivity contribution is 7.92. The molecule has 0 fully saturated rings. The van der Waals surface area contributed by atoms with Gasteiger partial charge in [-0.3, -0.25) is 9.52 Å². The third-order valence-electron chi connectivity index (χ3n) is 4.26. The van der Waals surface area contributed by atoms with Crippen molar-refractivity contribution in [2.45, 2.75) is 13.5 Å². The molecule has 0 saturated heterocycles. The van der Waals surface area contributed by atoms with E-state index in [-0.39, 0.29) is 5.78 Å². The molecule has 0 atom stereocenters. The van der Waals surface area contributed by atoms with E-state index in [0.717, 1.165) is 11.8 Å². The molecule has 0 amide bonds. The Morgan fingerprint density at radius 3 is 2.43 bits per heavy atom. The molecule has 0 aliphatic rings. The largest absolute Gasteiger partial charge is 0.289 e. The Morgan fingerprint density at radius 2 is 1.80 bits per heavy atom. The second-order valence-electron chi connectivity index (χ2n) is 6.69. The van der Waals surface area contributed by atoms with Gasteiger partial charge in [0.05, 0.1) is 18.5 Å². The van der Waals surface area contributed by atoms with E-state index in [1.807, 2.05) is 25.1 Å². The van der Waals surface area contributed by atoms with Gasteiger partial charge in [-0.05, 0) is 55.0 Å².